The zero-order chi connectivity index (χ0) is 18.1. The van der Waals surface area contributed by atoms with Crippen molar-refractivity contribution in [3.63, 3.8) is 0 Å². The molecule has 0 amide bonds. The van der Waals surface area contributed by atoms with Crippen molar-refractivity contribution >= 4 is 40.0 Å². The van der Waals surface area contributed by atoms with Gasteiger partial charge in [-0.05, 0) is 0 Å². The van der Waals surface area contributed by atoms with Gasteiger partial charge in [0.25, 0.3) is 0 Å². The van der Waals surface area contributed by atoms with Crippen molar-refractivity contribution in [2.45, 2.75) is 68.6 Å². The predicted molar refractivity (Wildman–Crippen MR) is 110 cm³/mol. The molecule has 23 heavy (non-hydrogen) atoms. The molecule has 0 aliphatic heterocycles. The SMILES string of the molecule is C[Si](C)(C)[C]([Ge][O]Cc1ccc(F)cc1)([Si](C)(C)C)[Si](C)(C)C. The van der Waals surface area contributed by atoms with Crippen molar-refractivity contribution in [2.75, 3.05) is 0 Å². The molecule has 0 saturated heterocycles. The molecule has 1 aromatic rings. The Labute approximate surface area is 152 Å². The van der Waals surface area contributed by atoms with Gasteiger partial charge in [0, 0.05) is 0 Å². The van der Waals surface area contributed by atoms with E-state index in [2.05, 4.69) is 58.9 Å². The molecular weight excluding hydrogens is 396 g/mol. The number of hydrogen-bond donors (Lipinski definition) is 0. The third-order valence-electron chi connectivity index (χ3n) is 4.75. The van der Waals surface area contributed by atoms with Crippen LogP contribution in [0.3, 0.4) is 0 Å². The number of halogens is 1. The molecule has 0 atom stereocenters. The molecule has 6 heteroatoms. The first-order valence-corrected chi connectivity index (χ1v) is 20.8. The molecule has 2 radical (unpaired) electrons. The van der Waals surface area contributed by atoms with Gasteiger partial charge >= 0.3 is 152 Å². The molecule has 0 heterocycles. The Kier molecular flexibility index (Phi) is 6.75. The van der Waals surface area contributed by atoms with Crippen molar-refractivity contribution in [3.8, 4) is 0 Å². The van der Waals surface area contributed by atoms with Gasteiger partial charge in [-0.2, -0.15) is 0 Å². The van der Waals surface area contributed by atoms with Crippen molar-refractivity contribution in [2.24, 2.45) is 0 Å². The summed E-state index contributed by atoms with van der Waals surface area (Å²) in [7, 11) is -4.08. The summed E-state index contributed by atoms with van der Waals surface area (Å²) in [6.45, 7) is 23.6. The molecule has 0 unspecified atom stereocenters. The van der Waals surface area contributed by atoms with Crippen molar-refractivity contribution < 1.29 is 8.15 Å². The van der Waals surface area contributed by atoms with Gasteiger partial charge in [-0.25, -0.2) is 0 Å². The van der Waals surface area contributed by atoms with Gasteiger partial charge in [0.1, 0.15) is 0 Å². The van der Waals surface area contributed by atoms with Gasteiger partial charge in [0.05, 0.1) is 0 Å². The van der Waals surface area contributed by atoms with Gasteiger partial charge in [0.15, 0.2) is 0 Å². The molecular formula is C17H33FGeOSi3. The van der Waals surface area contributed by atoms with Crippen LogP contribution in [0.4, 0.5) is 4.39 Å². The Morgan fingerprint density at radius 3 is 1.57 bits per heavy atom. The van der Waals surface area contributed by atoms with E-state index in [1.54, 1.807) is 0 Å². The standard InChI is InChI=1S/C17H33FGeOSi3/c1-21(2,3)17(22(4,5)6,23(7,8)9)19-20-14-15-10-12-16(18)13-11-15/h10-13H,14H2,1-9H3. The van der Waals surface area contributed by atoms with E-state index in [4.69, 9.17) is 3.76 Å². The van der Waals surface area contributed by atoms with Gasteiger partial charge in [-0.1, -0.05) is 0 Å². The predicted octanol–water partition coefficient (Wildman–Crippen LogP) is 5.75. The zero-order valence-corrected chi connectivity index (χ0v) is 21.4. The van der Waals surface area contributed by atoms with Gasteiger partial charge in [-0.15, -0.1) is 0 Å². The summed E-state index contributed by atoms with van der Waals surface area (Å²) in [5.41, 5.74) is 1.09. The average Bonchev–Trinajstić information content (AvgIpc) is 2.31. The quantitative estimate of drug-likeness (QED) is 0.502. The van der Waals surface area contributed by atoms with Gasteiger partial charge in [-0.3, -0.25) is 0 Å². The van der Waals surface area contributed by atoms with Crippen LogP contribution in [-0.2, 0) is 10.4 Å². The Balaban J connectivity index is 3.05. The second-order valence-electron chi connectivity index (χ2n) is 9.52. The maximum absolute atomic E-state index is 13.1. The first-order chi connectivity index (χ1) is 10.2. The van der Waals surface area contributed by atoms with E-state index in [9.17, 15) is 4.39 Å². The molecule has 0 fully saturated rings. The third kappa shape index (κ3) is 4.68. The zero-order valence-electron chi connectivity index (χ0n) is 16.3. The van der Waals surface area contributed by atoms with Crippen LogP contribution >= 0.6 is 0 Å². The van der Waals surface area contributed by atoms with E-state index in [0.29, 0.717) is 9.72 Å². The Morgan fingerprint density at radius 2 is 1.22 bits per heavy atom. The maximum atomic E-state index is 13.1. The van der Waals surface area contributed by atoms with Crippen LogP contribution in [0.5, 0.6) is 0 Å². The van der Waals surface area contributed by atoms with Crippen LogP contribution in [0.15, 0.2) is 24.3 Å². The Bertz CT molecular complexity index is 477. The summed E-state index contributed by atoms with van der Waals surface area (Å²) in [5.74, 6) is -0.176. The van der Waals surface area contributed by atoms with Gasteiger partial charge < -0.3 is 0 Å². The van der Waals surface area contributed by atoms with E-state index < -0.39 is 40.0 Å². The van der Waals surface area contributed by atoms with Crippen molar-refractivity contribution in [1.82, 2.24) is 0 Å². The third-order valence-corrected chi connectivity index (χ3v) is 42.0. The van der Waals surface area contributed by atoms with Crippen molar-refractivity contribution in [1.29, 1.82) is 0 Å². The molecule has 130 valence electrons. The molecule has 0 bridgehead atoms. The van der Waals surface area contributed by atoms with Crippen LogP contribution in [0.25, 0.3) is 0 Å². The van der Waals surface area contributed by atoms with E-state index in [-0.39, 0.29) is 5.82 Å². The summed E-state index contributed by atoms with van der Waals surface area (Å²) in [6, 6.07) is 6.75. The fourth-order valence-corrected chi connectivity index (χ4v) is 40.4. The van der Waals surface area contributed by atoms with E-state index in [1.165, 1.54) is 12.1 Å². The number of rotatable bonds is 7. The van der Waals surface area contributed by atoms with Crippen molar-refractivity contribution in [3.05, 3.63) is 35.6 Å². The van der Waals surface area contributed by atoms with E-state index in [1.807, 2.05) is 12.1 Å². The summed E-state index contributed by atoms with van der Waals surface area (Å²) in [4.78, 5) is 0. The number of benzene rings is 1. The molecule has 1 nitrogen and oxygen atoms in total. The second kappa shape index (κ2) is 7.27. The summed E-state index contributed by atoms with van der Waals surface area (Å²) < 4.78 is 20.0. The van der Waals surface area contributed by atoms with E-state index in [0.717, 1.165) is 5.56 Å². The molecule has 0 N–H and O–H groups in total. The normalized spacial score (nSPS) is 14.2. The second-order valence-corrected chi connectivity index (χ2v) is 32.5. The van der Waals surface area contributed by atoms with Crippen LogP contribution in [-0.4, -0.2) is 40.0 Å². The molecule has 0 spiro atoms. The molecule has 0 aromatic heterocycles. The summed E-state index contributed by atoms with van der Waals surface area (Å²) in [6.07, 6.45) is 0. The monoisotopic (exact) mass is 430 g/mol. The van der Waals surface area contributed by atoms with E-state index >= 15 is 0 Å². The first-order valence-electron chi connectivity index (χ1n) is 8.36. The minimum absolute atomic E-state index is 0.176. The topological polar surface area (TPSA) is 9.23 Å². The fraction of sp³-hybridized carbons (Fsp3) is 0.647. The first kappa shape index (κ1) is 21.3. The average molecular weight is 429 g/mol. The number of hydrogen-bond acceptors (Lipinski definition) is 1. The van der Waals surface area contributed by atoms with Crippen LogP contribution in [0, 0.1) is 5.82 Å². The van der Waals surface area contributed by atoms with Crippen LogP contribution in [0.1, 0.15) is 5.56 Å². The summed E-state index contributed by atoms with van der Waals surface area (Å²) in [5, 5.41) is 0. The Morgan fingerprint density at radius 1 is 0.826 bits per heavy atom. The molecule has 1 aromatic carbocycles. The minimum atomic E-state index is -1.36. The Hall–Kier alpha value is 0.304. The summed E-state index contributed by atoms with van der Waals surface area (Å²) >= 11 is -0.504. The molecule has 0 aliphatic rings. The fourth-order valence-electron chi connectivity index (χ4n) is 4.64. The van der Waals surface area contributed by atoms with Gasteiger partial charge in [0.2, 0.25) is 0 Å². The van der Waals surface area contributed by atoms with Crippen LogP contribution < -0.4 is 0 Å². The molecule has 0 aliphatic carbocycles. The molecule has 0 saturated carbocycles. The van der Waals surface area contributed by atoms with Crippen LogP contribution in [0.2, 0.25) is 62.0 Å². The molecule has 1 rings (SSSR count).